The van der Waals surface area contributed by atoms with Crippen molar-refractivity contribution in [3.63, 3.8) is 0 Å². The van der Waals surface area contributed by atoms with Gasteiger partial charge in [-0.3, -0.25) is 9.59 Å². The van der Waals surface area contributed by atoms with Crippen LogP contribution in [0, 0.1) is 6.92 Å². The van der Waals surface area contributed by atoms with Crippen molar-refractivity contribution in [1.82, 2.24) is 14.8 Å². The summed E-state index contributed by atoms with van der Waals surface area (Å²) in [6, 6.07) is 8.01. The van der Waals surface area contributed by atoms with Gasteiger partial charge in [0.05, 0.1) is 10.9 Å². The van der Waals surface area contributed by atoms with Crippen molar-refractivity contribution in [2.75, 3.05) is 5.32 Å². The Labute approximate surface area is 144 Å². The van der Waals surface area contributed by atoms with E-state index in [1.54, 1.807) is 4.68 Å². The Morgan fingerprint density at radius 3 is 2.76 bits per heavy atom. The summed E-state index contributed by atoms with van der Waals surface area (Å²) in [5.41, 5.74) is 2.75. The van der Waals surface area contributed by atoms with E-state index in [1.807, 2.05) is 38.1 Å². The maximum atomic E-state index is 12.1. The van der Waals surface area contributed by atoms with Crippen molar-refractivity contribution in [2.45, 2.75) is 39.7 Å². The Morgan fingerprint density at radius 2 is 2.04 bits per heavy atom. The maximum absolute atomic E-state index is 12.1. The number of carbonyl (C=O) groups is 2. The Morgan fingerprint density at radius 1 is 1.24 bits per heavy atom. The number of amides is 1. The normalized spacial score (nSPS) is 11.1. The van der Waals surface area contributed by atoms with Crippen LogP contribution >= 0.6 is 0 Å². The van der Waals surface area contributed by atoms with Gasteiger partial charge >= 0.3 is 5.97 Å². The number of aryl methyl sites for hydroxylation is 2. The van der Waals surface area contributed by atoms with Crippen LogP contribution in [0.25, 0.3) is 21.9 Å². The van der Waals surface area contributed by atoms with Crippen molar-refractivity contribution in [3.8, 4) is 0 Å². The summed E-state index contributed by atoms with van der Waals surface area (Å²) in [6.45, 7) is 4.62. The number of nitrogens with zero attached hydrogens (tertiary/aromatic N) is 3. The van der Waals surface area contributed by atoms with Crippen LogP contribution in [0.15, 0.2) is 24.3 Å². The summed E-state index contributed by atoms with van der Waals surface area (Å²) in [5.74, 6) is -0.681. The van der Waals surface area contributed by atoms with E-state index in [1.165, 1.54) is 0 Å². The molecule has 2 aromatic heterocycles. The summed E-state index contributed by atoms with van der Waals surface area (Å²) in [4.78, 5) is 27.3. The van der Waals surface area contributed by atoms with Crippen molar-refractivity contribution >= 4 is 39.6 Å². The topological polar surface area (TPSA) is 97.1 Å². The molecule has 1 aromatic carbocycles. The minimum atomic E-state index is -0.903. The van der Waals surface area contributed by atoms with Crippen molar-refractivity contribution in [1.29, 1.82) is 0 Å². The Kier molecular flexibility index (Phi) is 4.65. The number of benzene rings is 1. The molecule has 25 heavy (non-hydrogen) atoms. The highest BCUT2D eigenvalue weighted by Gasteiger charge is 2.15. The summed E-state index contributed by atoms with van der Waals surface area (Å²) in [7, 11) is 0. The zero-order valence-corrected chi connectivity index (χ0v) is 14.2. The van der Waals surface area contributed by atoms with Gasteiger partial charge in [0.1, 0.15) is 0 Å². The standard InChI is InChI=1S/C18H20N4O3/c1-3-22-18-13(10-12-8-7-11(2)9-14(12)19-18)17(21-22)20-15(23)5-4-6-16(24)25/h7-10H,3-6H2,1-2H3,(H,24,25)(H,20,21,23). The monoisotopic (exact) mass is 340 g/mol. The molecule has 0 aliphatic carbocycles. The summed E-state index contributed by atoms with van der Waals surface area (Å²) < 4.78 is 1.75. The van der Waals surface area contributed by atoms with Gasteiger partial charge < -0.3 is 10.4 Å². The number of pyridine rings is 1. The highest BCUT2D eigenvalue weighted by Crippen LogP contribution is 2.26. The third kappa shape index (κ3) is 3.60. The first-order valence-corrected chi connectivity index (χ1v) is 8.27. The number of rotatable bonds is 6. The molecule has 1 amide bonds. The highest BCUT2D eigenvalue weighted by atomic mass is 16.4. The summed E-state index contributed by atoms with van der Waals surface area (Å²) >= 11 is 0. The molecule has 130 valence electrons. The van der Waals surface area contributed by atoms with Gasteiger partial charge in [0, 0.05) is 24.8 Å². The molecule has 0 spiro atoms. The van der Waals surface area contributed by atoms with E-state index in [0.29, 0.717) is 18.8 Å². The first-order valence-electron chi connectivity index (χ1n) is 8.27. The Bertz CT molecular complexity index is 962. The van der Waals surface area contributed by atoms with Gasteiger partial charge in [-0.05, 0) is 38.0 Å². The van der Waals surface area contributed by atoms with Crippen LogP contribution < -0.4 is 5.32 Å². The molecule has 0 saturated carbocycles. The highest BCUT2D eigenvalue weighted by molar-refractivity contribution is 6.02. The molecule has 7 heteroatoms. The molecule has 0 radical (unpaired) electrons. The number of carboxylic acid groups (broad SMARTS) is 1. The second-order valence-electron chi connectivity index (χ2n) is 6.02. The maximum Gasteiger partial charge on any atom is 0.303 e. The average molecular weight is 340 g/mol. The molecule has 0 aliphatic heterocycles. The van der Waals surface area contributed by atoms with Gasteiger partial charge in [0.2, 0.25) is 5.91 Å². The van der Waals surface area contributed by atoms with Gasteiger partial charge in [-0.2, -0.15) is 5.10 Å². The molecule has 2 heterocycles. The predicted octanol–water partition coefficient (Wildman–Crippen LogP) is 3.11. The van der Waals surface area contributed by atoms with Crippen LogP contribution in [-0.4, -0.2) is 31.7 Å². The van der Waals surface area contributed by atoms with Crippen LogP contribution in [0.5, 0.6) is 0 Å². The molecule has 0 aliphatic rings. The molecule has 0 unspecified atom stereocenters. The van der Waals surface area contributed by atoms with Gasteiger partial charge in [-0.25, -0.2) is 9.67 Å². The fourth-order valence-corrected chi connectivity index (χ4v) is 2.77. The lowest BCUT2D eigenvalue weighted by molar-refractivity contribution is -0.137. The molecule has 0 bridgehead atoms. The smallest absolute Gasteiger partial charge is 0.303 e. The number of carbonyl (C=O) groups excluding carboxylic acids is 1. The molecule has 0 saturated heterocycles. The number of aliphatic carboxylic acids is 1. The Balaban J connectivity index is 1.93. The summed E-state index contributed by atoms with van der Waals surface area (Å²) in [5, 5.41) is 17.6. The molecular formula is C18H20N4O3. The zero-order chi connectivity index (χ0) is 18.0. The van der Waals surface area contributed by atoms with Crippen LogP contribution in [0.1, 0.15) is 31.7 Å². The van der Waals surface area contributed by atoms with Crippen LogP contribution in [0.3, 0.4) is 0 Å². The predicted molar refractivity (Wildman–Crippen MR) is 95.6 cm³/mol. The fourth-order valence-electron chi connectivity index (χ4n) is 2.77. The minimum absolute atomic E-state index is 0.0247. The van der Waals surface area contributed by atoms with E-state index in [2.05, 4.69) is 10.4 Å². The second-order valence-corrected chi connectivity index (χ2v) is 6.02. The van der Waals surface area contributed by atoms with Gasteiger partial charge in [-0.1, -0.05) is 12.1 Å². The lowest BCUT2D eigenvalue weighted by Gasteiger charge is -2.03. The van der Waals surface area contributed by atoms with E-state index in [0.717, 1.165) is 27.5 Å². The van der Waals surface area contributed by atoms with Crippen molar-refractivity contribution in [3.05, 3.63) is 29.8 Å². The second kappa shape index (κ2) is 6.88. The molecule has 3 aromatic rings. The molecule has 2 N–H and O–H groups in total. The van der Waals surface area contributed by atoms with Gasteiger partial charge in [0.15, 0.2) is 11.5 Å². The van der Waals surface area contributed by atoms with E-state index >= 15 is 0 Å². The summed E-state index contributed by atoms with van der Waals surface area (Å²) in [6.07, 6.45) is 0.421. The first kappa shape index (κ1) is 16.9. The molecule has 0 atom stereocenters. The number of anilines is 1. The minimum Gasteiger partial charge on any atom is -0.481 e. The van der Waals surface area contributed by atoms with Gasteiger partial charge in [0.25, 0.3) is 0 Å². The van der Waals surface area contributed by atoms with E-state index in [9.17, 15) is 9.59 Å². The molecular weight excluding hydrogens is 320 g/mol. The van der Waals surface area contributed by atoms with Crippen LogP contribution in [0.4, 0.5) is 5.82 Å². The average Bonchev–Trinajstić information content (AvgIpc) is 2.89. The van der Waals surface area contributed by atoms with E-state index < -0.39 is 5.97 Å². The number of nitrogens with one attached hydrogen (secondary N) is 1. The number of carboxylic acids is 1. The zero-order valence-electron chi connectivity index (χ0n) is 14.2. The van der Waals surface area contributed by atoms with Crippen molar-refractivity contribution < 1.29 is 14.7 Å². The van der Waals surface area contributed by atoms with Crippen LogP contribution in [0.2, 0.25) is 0 Å². The number of hydrogen-bond acceptors (Lipinski definition) is 4. The fraction of sp³-hybridized carbons (Fsp3) is 0.333. The van der Waals surface area contributed by atoms with Crippen molar-refractivity contribution in [2.24, 2.45) is 0 Å². The third-order valence-corrected chi connectivity index (χ3v) is 4.03. The molecule has 7 nitrogen and oxygen atoms in total. The number of fused-ring (bicyclic) bond motifs is 2. The number of aromatic nitrogens is 3. The lowest BCUT2D eigenvalue weighted by Crippen LogP contribution is -2.12. The molecule has 0 fully saturated rings. The van der Waals surface area contributed by atoms with Crippen LogP contribution in [-0.2, 0) is 16.1 Å². The SMILES string of the molecule is CCn1nc(NC(=O)CCCC(=O)O)c2cc3ccc(C)cc3nc21. The Hall–Kier alpha value is -2.96. The molecule has 3 rings (SSSR count). The first-order chi connectivity index (χ1) is 12.0. The van der Waals surface area contributed by atoms with E-state index in [4.69, 9.17) is 10.1 Å². The van der Waals surface area contributed by atoms with Gasteiger partial charge in [-0.15, -0.1) is 0 Å². The van der Waals surface area contributed by atoms with E-state index in [-0.39, 0.29) is 18.7 Å². The lowest BCUT2D eigenvalue weighted by atomic mass is 10.1. The number of hydrogen-bond donors (Lipinski definition) is 2. The third-order valence-electron chi connectivity index (χ3n) is 4.03. The largest absolute Gasteiger partial charge is 0.481 e. The quantitative estimate of drug-likeness (QED) is 0.718.